The third kappa shape index (κ3) is 5.33. The number of nitrogens with zero attached hydrogens (tertiary/aromatic N) is 1. The van der Waals surface area contributed by atoms with Gasteiger partial charge < -0.3 is 23.7 Å². The Balaban J connectivity index is 1.39. The maximum Gasteiger partial charge on any atom is 0.302 e. The Morgan fingerprint density at radius 1 is 0.842 bits per heavy atom. The van der Waals surface area contributed by atoms with E-state index < -0.39 is 0 Å². The molecule has 6 rings (SSSR count). The third-order valence-corrected chi connectivity index (χ3v) is 8.17. The van der Waals surface area contributed by atoms with E-state index in [-0.39, 0.29) is 24.0 Å². The topological polar surface area (TPSA) is 75.6 Å². The Kier molecular flexibility index (Phi) is 6.93. The smallest absolute Gasteiger partial charge is 0.302 e. The second-order valence-electron chi connectivity index (χ2n) is 11.2. The van der Waals surface area contributed by atoms with Crippen molar-refractivity contribution in [1.29, 1.82) is 0 Å². The van der Waals surface area contributed by atoms with Gasteiger partial charge in [0.25, 0.3) is 0 Å². The van der Waals surface area contributed by atoms with Crippen LogP contribution in [0.25, 0.3) is 0 Å². The summed E-state index contributed by atoms with van der Waals surface area (Å²) in [4.78, 5) is 17.0. The number of ether oxygens (including phenoxy) is 5. The van der Waals surface area contributed by atoms with Crippen LogP contribution in [0.5, 0.6) is 23.0 Å². The minimum atomic E-state index is -0.237. The van der Waals surface area contributed by atoms with Crippen LogP contribution in [0.3, 0.4) is 0 Å². The van der Waals surface area contributed by atoms with Crippen LogP contribution in [0.4, 0.5) is 0 Å². The van der Waals surface area contributed by atoms with Crippen molar-refractivity contribution in [2.75, 3.05) is 27.4 Å². The highest BCUT2D eigenvalue weighted by atomic mass is 16.5. The molecule has 3 unspecified atom stereocenters. The van der Waals surface area contributed by atoms with Crippen molar-refractivity contribution in [1.82, 2.24) is 0 Å². The van der Waals surface area contributed by atoms with E-state index in [0.29, 0.717) is 36.4 Å². The predicted molar refractivity (Wildman–Crippen MR) is 144 cm³/mol. The monoisotopic (exact) mass is 519 g/mol. The number of benzene rings is 2. The maximum absolute atomic E-state index is 11.7. The molecular weight excluding hydrogens is 482 g/mol. The lowest BCUT2D eigenvalue weighted by molar-refractivity contribution is -0.148. The molecule has 0 N–H and O–H groups in total. The molecule has 3 atom stereocenters. The van der Waals surface area contributed by atoms with E-state index in [0.717, 1.165) is 47.8 Å². The summed E-state index contributed by atoms with van der Waals surface area (Å²) in [5.74, 6) is 4.27. The van der Waals surface area contributed by atoms with Gasteiger partial charge in [0.1, 0.15) is 6.10 Å². The third-order valence-electron chi connectivity index (χ3n) is 8.17. The maximum atomic E-state index is 11.7. The molecule has 0 aromatic heterocycles. The van der Waals surface area contributed by atoms with Gasteiger partial charge in [0.15, 0.2) is 23.0 Å². The van der Waals surface area contributed by atoms with Gasteiger partial charge in [0.2, 0.25) is 0 Å². The van der Waals surface area contributed by atoms with Gasteiger partial charge in [-0.15, -0.1) is 0 Å². The standard InChI is InChI=1S/C31H37NO6/c1-18(33)38-22-9-10-23-24-14-28(34-2)29(35-3)15-25(24)31(32-26(23)13-22)21-8-11-27(36-16-19-4-5-19)30(12-21)37-17-20-6-7-20/h8,11-12,14-15,19-20,22-23,26H,4-7,9-10,13,16-17H2,1-3H3. The Bertz CT molecular complexity index is 1230. The van der Waals surface area contributed by atoms with Crippen LogP contribution in [-0.4, -0.2) is 51.3 Å². The molecule has 1 aliphatic heterocycles. The second kappa shape index (κ2) is 10.5. The Hall–Kier alpha value is -3.22. The van der Waals surface area contributed by atoms with Crippen LogP contribution < -0.4 is 18.9 Å². The Labute approximate surface area is 224 Å². The van der Waals surface area contributed by atoms with E-state index in [1.165, 1.54) is 38.2 Å². The average Bonchev–Trinajstić information content (AvgIpc) is 3.85. The van der Waals surface area contributed by atoms with E-state index in [1.54, 1.807) is 14.2 Å². The molecule has 202 valence electrons. The normalized spacial score (nSPS) is 24.0. The quantitative estimate of drug-likeness (QED) is 0.375. The minimum Gasteiger partial charge on any atom is -0.493 e. The predicted octanol–water partition coefficient (Wildman–Crippen LogP) is 5.70. The van der Waals surface area contributed by atoms with Crippen molar-refractivity contribution in [3.05, 3.63) is 47.0 Å². The van der Waals surface area contributed by atoms with Crippen molar-refractivity contribution in [3.8, 4) is 23.0 Å². The summed E-state index contributed by atoms with van der Waals surface area (Å²) in [6.45, 7) is 2.93. The van der Waals surface area contributed by atoms with E-state index >= 15 is 0 Å². The zero-order valence-corrected chi connectivity index (χ0v) is 22.5. The van der Waals surface area contributed by atoms with Crippen LogP contribution in [-0.2, 0) is 9.53 Å². The fourth-order valence-electron chi connectivity index (χ4n) is 5.70. The van der Waals surface area contributed by atoms with E-state index in [4.69, 9.17) is 28.7 Å². The van der Waals surface area contributed by atoms with Crippen molar-refractivity contribution in [2.45, 2.75) is 69.9 Å². The average molecular weight is 520 g/mol. The lowest BCUT2D eigenvalue weighted by Gasteiger charge is -2.38. The molecule has 3 saturated carbocycles. The summed E-state index contributed by atoms with van der Waals surface area (Å²) in [5.41, 5.74) is 4.13. The molecule has 3 aliphatic carbocycles. The Morgan fingerprint density at radius 3 is 2.18 bits per heavy atom. The van der Waals surface area contributed by atoms with Crippen LogP contribution in [0.15, 0.2) is 35.3 Å². The molecule has 0 amide bonds. The highest BCUT2D eigenvalue weighted by molar-refractivity contribution is 6.15. The van der Waals surface area contributed by atoms with E-state index in [1.807, 2.05) is 12.1 Å². The summed E-state index contributed by atoms with van der Waals surface area (Å²) >= 11 is 0. The van der Waals surface area contributed by atoms with Gasteiger partial charge >= 0.3 is 5.97 Å². The van der Waals surface area contributed by atoms with Crippen LogP contribution in [0, 0.1) is 11.8 Å². The van der Waals surface area contributed by atoms with Gasteiger partial charge in [-0.3, -0.25) is 9.79 Å². The first-order chi connectivity index (χ1) is 18.5. The molecule has 0 bridgehead atoms. The van der Waals surface area contributed by atoms with Crippen LogP contribution >= 0.6 is 0 Å². The van der Waals surface area contributed by atoms with Crippen molar-refractivity contribution in [2.24, 2.45) is 16.8 Å². The summed E-state index contributed by atoms with van der Waals surface area (Å²) in [7, 11) is 3.33. The fraction of sp³-hybridized carbons (Fsp3) is 0.548. The molecule has 1 heterocycles. The number of fused-ring (bicyclic) bond motifs is 3. The van der Waals surface area contributed by atoms with Crippen molar-refractivity contribution >= 4 is 11.7 Å². The molecule has 2 aromatic carbocycles. The lowest BCUT2D eigenvalue weighted by atomic mass is 9.74. The number of carbonyl (C=O) groups is 1. The molecule has 7 nitrogen and oxygen atoms in total. The van der Waals surface area contributed by atoms with Gasteiger partial charge in [0, 0.05) is 30.4 Å². The van der Waals surface area contributed by atoms with Gasteiger partial charge in [-0.05, 0) is 86.3 Å². The van der Waals surface area contributed by atoms with E-state index in [9.17, 15) is 4.79 Å². The molecule has 4 aliphatic rings. The molecular formula is C31H37NO6. The minimum absolute atomic E-state index is 0.00956. The second-order valence-corrected chi connectivity index (χ2v) is 11.2. The number of hydrogen-bond acceptors (Lipinski definition) is 7. The van der Waals surface area contributed by atoms with Gasteiger partial charge in [0.05, 0.1) is 39.2 Å². The summed E-state index contributed by atoms with van der Waals surface area (Å²) in [5, 5.41) is 0. The van der Waals surface area contributed by atoms with Gasteiger partial charge in [-0.25, -0.2) is 0 Å². The molecule has 0 radical (unpaired) electrons. The molecule has 38 heavy (non-hydrogen) atoms. The summed E-state index contributed by atoms with van der Waals surface area (Å²) in [6, 6.07) is 10.3. The number of carbonyl (C=O) groups excluding carboxylic acids is 1. The molecule has 0 saturated heterocycles. The fourth-order valence-corrected chi connectivity index (χ4v) is 5.70. The zero-order chi connectivity index (χ0) is 26.2. The molecule has 7 heteroatoms. The number of rotatable bonds is 10. The largest absolute Gasteiger partial charge is 0.493 e. The summed E-state index contributed by atoms with van der Waals surface area (Å²) < 4.78 is 29.4. The van der Waals surface area contributed by atoms with Crippen molar-refractivity contribution in [3.63, 3.8) is 0 Å². The SMILES string of the molecule is COc1cc2c(cc1OC)C1CCC(OC(C)=O)CC1N=C2c1ccc(OCC2CC2)c(OCC2CC2)c1. The number of aliphatic imine (C=N–C) groups is 1. The molecule has 2 aromatic rings. The Morgan fingerprint density at radius 2 is 1.53 bits per heavy atom. The van der Waals surface area contributed by atoms with Gasteiger partial charge in [-0.1, -0.05) is 0 Å². The highest BCUT2D eigenvalue weighted by Gasteiger charge is 2.39. The number of esters is 1. The van der Waals surface area contributed by atoms with E-state index in [2.05, 4.69) is 18.2 Å². The lowest BCUT2D eigenvalue weighted by Crippen LogP contribution is -2.36. The molecule has 0 spiro atoms. The highest BCUT2D eigenvalue weighted by Crippen LogP contribution is 2.46. The van der Waals surface area contributed by atoms with Crippen molar-refractivity contribution < 1.29 is 28.5 Å². The number of methoxy groups -OCH3 is 2. The number of hydrogen-bond donors (Lipinski definition) is 0. The first-order valence-electron chi connectivity index (χ1n) is 13.9. The first kappa shape index (κ1) is 25.1. The first-order valence-corrected chi connectivity index (χ1v) is 13.9. The summed E-state index contributed by atoms with van der Waals surface area (Å²) in [6.07, 6.45) is 7.25. The van der Waals surface area contributed by atoms with Crippen LogP contribution in [0.1, 0.15) is 74.5 Å². The van der Waals surface area contributed by atoms with Gasteiger partial charge in [-0.2, -0.15) is 0 Å². The van der Waals surface area contributed by atoms with Crippen LogP contribution in [0.2, 0.25) is 0 Å². The zero-order valence-electron chi connectivity index (χ0n) is 22.5. The molecule has 3 fully saturated rings.